The Labute approximate surface area is 70.9 Å². The smallest absolute Gasteiger partial charge is 0.357 e. The number of carboxylic acid groups (broad SMARTS) is 1. The monoisotopic (exact) mass is 208 g/mol. The largest absolute Gasteiger partial charge is 0.478 e. The Morgan fingerprint density at radius 3 is 1.50 bits per heavy atom. The zero-order valence-electron chi connectivity index (χ0n) is 4.38. The first-order chi connectivity index (χ1) is 4.19. The lowest BCUT2D eigenvalue weighted by Gasteiger charge is -2.23. The van der Waals surface area contributed by atoms with Gasteiger partial charge in [0.05, 0.1) is 0 Å². The molecule has 0 aliphatic heterocycles. The van der Waals surface area contributed by atoms with Crippen LogP contribution in [0.4, 0.5) is 0 Å². The van der Waals surface area contributed by atoms with Crippen LogP contribution in [0.3, 0.4) is 0 Å². The third kappa shape index (κ3) is 1.87. The summed E-state index contributed by atoms with van der Waals surface area (Å²) in [5.41, 5.74) is 0. The van der Waals surface area contributed by atoms with E-state index in [2.05, 4.69) is 0 Å². The Kier molecular flexibility index (Phi) is 2.78. The maximum Gasteiger partial charge on any atom is 0.357 e. The second kappa shape index (κ2) is 2.71. The summed E-state index contributed by atoms with van der Waals surface area (Å²) in [6.45, 7) is 0. The fraction of sp³-hybridized carbons (Fsp3) is 0.667. The van der Waals surface area contributed by atoms with E-state index in [-0.39, 0.29) is 0 Å². The first-order valence-electron chi connectivity index (χ1n) is 1.94. The molecule has 0 spiro atoms. The fourth-order valence-electron chi connectivity index (χ4n) is 0.129. The summed E-state index contributed by atoms with van der Waals surface area (Å²) in [6.07, 6.45) is 0. The molecule has 0 aromatic carbocycles. The van der Waals surface area contributed by atoms with Gasteiger partial charge in [-0.15, -0.1) is 0 Å². The van der Waals surface area contributed by atoms with Gasteiger partial charge >= 0.3 is 5.97 Å². The summed E-state index contributed by atoms with van der Waals surface area (Å²) >= 11 is 14.3. The average molecular weight is 209 g/mol. The Morgan fingerprint density at radius 1 is 1.20 bits per heavy atom. The van der Waals surface area contributed by atoms with Crippen LogP contribution < -0.4 is 0 Å². The molecule has 0 radical (unpaired) electrons. The van der Waals surface area contributed by atoms with Crippen LogP contribution in [-0.2, 0) is 4.79 Å². The maximum atomic E-state index is 9.96. The molecule has 0 aromatic heterocycles. The number of rotatable bonds is 2. The highest BCUT2D eigenvalue weighted by molar-refractivity contribution is 6.54. The molecule has 4 nitrogen and oxygen atoms in total. The second-order valence-corrected chi connectivity index (χ2v) is 3.30. The molecule has 3 N–H and O–H groups in total. The van der Waals surface area contributed by atoms with Gasteiger partial charge in [0.25, 0.3) is 9.58 Å². The molecule has 1 atom stereocenters. The summed E-state index contributed by atoms with van der Waals surface area (Å²) in [5.74, 6) is -1.93. The molecule has 0 rings (SSSR count). The summed E-state index contributed by atoms with van der Waals surface area (Å²) in [6, 6.07) is 0. The van der Waals surface area contributed by atoms with E-state index in [1.807, 2.05) is 0 Å². The van der Waals surface area contributed by atoms with Gasteiger partial charge in [0.15, 0.2) is 0 Å². The van der Waals surface area contributed by atoms with E-state index < -0.39 is 15.5 Å². The SMILES string of the molecule is O=C(O)C(O)(Cl)C(O)(Cl)Cl. The zero-order chi connectivity index (χ0) is 8.58. The van der Waals surface area contributed by atoms with Gasteiger partial charge in [-0.3, -0.25) is 0 Å². The van der Waals surface area contributed by atoms with Gasteiger partial charge < -0.3 is 15.3 Å². The molecule has 0 aliphatic rings. The van der Waals surface area contributed by atoms with Gasteiger partial charge in [0.2, 0.25) is 0 Å². The molecule has 0 amide bonds. The molecule has 0 bridgehead atoms. The summed E-state index contributed by atoms with van der Waals surface area (Å²) in [7, 11) is 0. The Bertz CT molecular complexity index is 148. The molecule has 0 saturated heterocycles. The molecule has 10 heavy (non-hydrogen) atoms. The second-order valence-electron chi connectivity index (χ2n) is 1.47. The predicted molar refractivity (Wildman–Crippen MR) is 35.1 cm³/mol. The molecule has 7 heteroatoms. The van der Waals surface area contributed by atoms with Gasteiger partial charge in [-0.1, -0.05) is 34.8 Å². The Hall–Kier alpha value is 0.260. The van der Waals surface area contributed by atoms with Gasteiger partial charge in [0.1, 0.15) is 0 Å². The minimum Gasteiger partial charge on any atom is -0.478 e. The summed E-state index contributed by atoms with van der Waals surface area (Å²) < 4.78 is -2.92. The fourth-order valence-corrected chi connectivity index (χ4v) is 0.290. The van der Waals surface area contributed by atoms with Crippen molar-refractivity contribution in [2.24, 2.45) is 0 Å². The summed E-state index contributed by atoms with van der Waals surface area (Å²) in [5, 5.41) is 22.0. The first-order valence-corrected chi connectivity index (χ1v) is 3.08. The van der Waals surface area contributed by atoms with Crippen molar-refractivity contribution in [3.05, 3.63) is 0 Å². The molecule has 0 aliphatic carbocycles. The number of hydrogen-bond acceptors (Lipinski definition) is 3. The van der Waals surface area contributed by atoms with Crippen molar-refractivity contribution in [3.8, 4) is 0 Å². The standard InChI is InChI=1S/C3H3Cl3O4/c4-2(9,1(7)8)3(5,6)10/h9-10H,(H,7,8). The molecule has 0 aromatic rings. The van der Waals surface area contributed by atoms with Crippen LogP contribution in [0.1, 0.15) is 0 Å². The van der Waals surface area contributed by atoms with E-state index in [4.69, 9.17) is 50.1 Å². The summed E-state index contributed by atoms with van der Waals surface area (Å²) in [4.78, 5) is 9.96. The van der Waals surface area contributed by atoms with Crippen LogP contribution in [0.15, 0.2) is 0 Å². The number of halogens is 3. The quantitative estimate of drug-likeness (QED) is 0.565. The topological polar surface area (TPSA) is 77.8 Å². The number of aliphatic carboxylic acids is 1. The third-order valence-electron chi connectivity index (χ3n) is 0.682. The molecule has 0 heterocycles. The molecule has 60 valence electrons. The van der Waals surface area contributed by atoms with Crippen molar-refractivity contribution in [1.82, 2.24) is 0 Å². The normalized spacial score (nSPS) is 18.1. The van der Waals surface area contributed by atoms with Crippen molar-refractivity contribution in [1.29, 1.82) is 0 Å². The number of alkyl halides is 3. The lowest BCUT2D eigenvalue weighted by atomic mass is 10.4. The van der Waals surface area contributed by atoms with E-state index in [0.29, 0.717) is 0 Å². The van der Waals surface area contributed by atoms with Crippen LogP contribution in [0.2, 0.25) is 0 Å². The van der Waals surface area contributed by atoms with Crippen molar-refractivity contribution in [2.75, 3.05) is 0 Å². The first kappa shape index (κ1) is 10.3. The number of hydrogen-bond donors (Lipinski definition) is 3. The van der Waals surface area contributed by atoms with Crippen LogP contribution in [0.5, 0.6) is 0 Å². The Balaban J connectivity index is 4.57. The van der Waals surface area contributed by atoms with Crippen molar-refractivity contribution in [2.45, 2.75) is 9.58 Å². The van der Waals surface area contributed by atoms with Gasteiger partial charge in [-0.25, -0.2) is 4.79 Å². The van der Waals surface area contributed by atoms with Gasteiger partial charge in [-0.2, -0.15) is 0 Å². The molecule has 1 unspecified atom stereocenters. The van der Waals surface area contributed by atoms with Crippen molar-refractivity contribution >= 4 is 40.8 Å². The van der Waals surface area contributed by atoms with Crippen LogP contribution >= 0.6 is 34.8 Å². The lowest BCUT2D eigenvalue weighted by molar-refractivity contribution is -0.156. The van der Waals surface area contributed by atoms with Gasteiger partial charge in [0, 0.05) is 0 Å². The maximum absolute atomic E-state index is 9.96. The number of carboxylic acids is 1. The van der Waals surface area contributed by atoms with E-state index in [1.54, 1.807) is 0 Å². The van der Waals surface area contributed by atoms with Crippen LogP contribution in [-0.4, -0.2) is 30.9 Å². The van der Waals surface area contributed by atoms with E-state index in [9.17, 15) is 4.79 Å². The highest BCUT2D eigenvalue weighted by Crippen LogP contribution is 2.34. The molecular weight excluding hydrogens is 206 g/mol. The van der Waals surface area contributed by atoms with E-state index >= 15 is 0 Å². The van der Waals surface area contributed by atoms with Crippen LogP contribution in [0, 0.1) is 0 Å². The van der Waals surface area contributed by atoms with E-state index in [1.165, 1.54) is 0 Å². The van der Waals surface area contributed by atoms with Gasteiger partial charge in [-0.05, 0) is 0 Å². The van der Waals surface area contributed by atoms with E-state index in [0.717, 1.165) is 0 Å². The van der Waals surface area contributed by atoms with Crippen molar-refractivity contribution in [3.63, 3.8) is 0 Å². The predicted octanol–water partition coefficient (Wildman–Crippen LogP) is 0.122. The third-order valence-corrected chi connectivity index (χ3v) is 1.86. The highest BCUT2D eigenvalue weighted by atomic mass is 35.5. The highest BCUT2D eigenvalue weighted by Gasteiger charge is 2.52. The Morgan fingerprint density at radius 2 is 1.50 bits per heavy atom. The van der Waals surface area contributed by atoms with Crippen LogP contribution in [0.25, 0.3) is 0 Å². The molecule has 0 fully saturated rings. The lowest BCUT2D eigenvalue weighted by Crippen LogP contribution is -2.48. The average Bonchev–Trinajstić information content (AvgIpc) is 1.62. The zero-order valence-corrected chi connectivity index (χ0v) is 6.65. The minimum absolute atomic E-state index is 1.93. The number of aliphatic hydroxyl groups is 2. The minimum atomic E-state index is -3.09. The van der Waals surface area contributed by atoms with Crippen molar-refractivity contribution < 1.29 is 20.1 Å². The number of carbonyl (C=O) groups is 1. The molecule has 0 saturated carbocycles. The molecular formula is C3H3Cl3O4.